The van der Waals surface area contributed by atoms with Gasteiger partial charge >= 0.3 is 11.9 Å². The average Bonchev–Trinajstić information content (AvgIpc) is 2.26. The summed E-state index contributed by atoms with van der Waals surface area (Å²) in [5, 5.41) is 28.3. The largest absolute Gasteiger partial charge is 0.481 e. The Hall–Kier alpha value is -1.92. The predicted molar refractivity (Wildman–Crippen MR) is 62.6 cm³/mol. The van der Waals surface area contributed by atoms with Crippen LogP contribution in [-0.2, 0) is 9.59 Å². The van der Waals surface area contributed by atoms with Crippen LogP contribution in [0.5, 0.6) is 0 Å². The van der Waals surface area contributed by atoms with Crippen molar-refractivity contribution in [2.75, 3.05) is 0 Å². The highest BCUT2D eigenvalue weighted by atomic mass is 16.6. The van der Waals surface area contributed by atoms with E-state index >= 15 is 0 Å². The highest BCUT2D eigenvalue weighted by Gasteiger charge is 2.35. The number of rotatable bonds is 8. The number of aliphatic carboxylic acids is 2. The molecule has 7 heteroatoms. The smallest absolute Gasteiger partial charge is 0.309 e. The maximum absolute atomic E-state index is 11.0. The molecule has 0 saturated carbocycles. The molecule has 1 atom stereocenters. The standard InChI is InChI=1S/C11H17NO6/c1-3-11(2,10(15)16)7-8(12(17)18)5-4-6-9(13)14/h5H,3-4,6-7H2,1-2H3,(H,13,14)(H,15,16). The molecular weight excluding hydrogens is 242 g/mol. The van der Waals surface area contributed by atoms with E-state index in [9.17, 15) is 19.7 Å². The lowest BCUT2D eigenvalue weighted by Crippen LogP contribution is -2.28. The summed E-state index contributed by atoms with van der Waals surface area (Å²) in [5.74, 6) is -2.15. The summed E-state index contributed by atoms with van der Waals surface area (Å²) >= 11 is 0. The zero-order valence-electron chi connectivity index (χ0n) is 10.4. The van der Waals surface area contributed by atoms with Crippen LogP contribution >= 0.6 is 0 Å². The summed E-state index contributed by atoms with van der Waals surface area (Å²) in [6, 6.07) is 0. The Morgan fingerprint density at radius 1 is 1.39 bits per heavy atom. The van der Waals surface area contributed by atoms with Gasteiger partial charge in [-0.1, -0.05) is 6.92 Å². The molecule has 0 aliphatic rings. The zero-order chi connectivity index (χ0) is 14.3. The van der Waals surface area contributed by atoms with Crippen LogP contribution in [0.25, 0.3) is 0 Å². The summed E-state index contributed by atoms with van der Waals surface area (Å²) < 4.78 is 0. The molecule has 0 bridgehead atoms. The van der Waals surface area contributed by atoms with Crippen molar-refractivity contribution >= 4 is 11.9 Å². The molecule has 1 unspecified atom stereocenters. The number of carbonyl (C=O) groups is 2. The van der Waals surface area contributed by atoms with Crippen LogP contribution in [0.3, 0.4) is 0 Å². The third-order valence-electron chi connectivity index (χ3n) is 2.84. The molecule has 0 spiro atoms. The normalized spacial score (nSPS) is 14.9. The van der Waals surface area contributed by atoms with Crippen LogP contribution in [0, 0.1) is 15.5 Å². The van der Waals surface area contributed by atoms with Gasteiger partial charge < -0.3 is 10.2 Å². The van der Waals surface area contributed by atoms with Gasteiger partial charge in [0.25, 0.3) is 0 Å². The topological polar surface area (TPSA) is 118 Å². The van der Waals surface area contributed by atoms with Crippen molar-refractivity contribution in [1.29, 1.82) is 0 Å². The van der Waals surface area contributed by atoms with Crippen molar-refractivity contribution in [2.45, 2.75) is 39.5 Å². The first-order chi connectivity index (χ1) is 8.23. The molecule has 0 amide bonds. The van der Waals surface area contributed by atoms with Crippen LogP contribution < -0.4 is 0 Å². The molecule has 7 nitrogen and oxygen atoms in total. The Labute approximate surface area is 104 Å². The molecule has 2 N–H and O–H groups in total. The van der Waals surface area contributed by atoms with E-state index in [1.165, 1.54) is 13.0 Å². The number of carboxylic acid groups (broad SMARTS) is 2. The van der Waals surface area contributed by atoms with E-state index in [1.807, 2.05) is 0 Å². The fourth-order valence-corrected chi connectivity index (χ4v) is 1.33. The molecular formula is C11H17NO6. The van der Waals surface area contributed by atoms with Gasteiger partial charge in [0.1, 0.15) is 0 Å². The maximum Gasteiger partial charge on any atom is 0.309 e. The van der Waals surface area contributed by atoms with Gasteiger partial charge in [-0.25, -0.2) is 0 Å². The molecule has 0 fully saturated rings. The predicted octanol–water partition coefficient (Wildman–Crippen LogP) is 1.90. The summed E-state index contributed by atoms with van der Waals surface area (Å²) in [7, 11) is 0. The van der Waals surface area contributed by atoms with Gasteiger partial charge in [0.2, 0.25) is 5.70 Å². The molecule has 0 aromatic rings. The van der Waals surface area contributed by atoms with Crippen LogP contribution in [-0.4, -0.2) is 27.1 Å². The minimum Gasteiger partial charge on any atom is -0.481 e. The van der Waals surface area contributed by atoms with Crippen molar-refractivity contribution in [3.05, 3.63) is 21.9 Å². The third-order valence-corrected chi connectivity index (χ3v) is 2.84. The summed E-state index contributed by atoms with van der Waals surface area (Å²) in [5.41, 5.74) is -1.45. The fourth-order valence-electron chi connectivity index (χ4n) is 1.33. The molecule has 102 valence electrons. The first kappa shape index (κ1) is 16.1. The SMILES string of the molecule is CCC(C)(CC(=CCCC(=O)O)[N+](=O)[O-])C(=O)O. The first-order valence-corrected chi connectivity index (χ1v) is 5.51. The van der Waals surface area contributed by atoms with Crippen LogP contribution in [0.1, 0.15) is 39.5 Å². The first-order valence-electron chi connectivity index (χ1n) is 5.51. The van der Waals surface area contributed by atoms with E-state index in [2.05, 4.69) is 0 Å². The van der Waals surface area contributed by atoms with Crippen molar-refractivity contribution < 1.29 is 24.7 Å². The maximum atomic E-state index is 11.0. The van der Waals surface area contributed by atoms with E-state index in [1.54, 1.807) is 6.92 Å². The summed E-state index contributed by atoms with van der Waals surface area (Å²) in [6.45, 7) is 3.08. The number of allylic oxidation sites excluding steroid dienone is 2. The van der Waals surface area contributed by atoms with Crippen molar-refractivity contribution in [3.8, 4) is 0 Å². The minimum atomic E-state index is -1.21. The molecule has 0 saturated heterocycles. The molecule has 0 heterocycles. The molecule has 0 aromatic carbocycles. The molecule has 0 aliphatic heterocycles. The summed E-state index contributed by atoms with van der Waals surface area (Å²) in [4.78, 5) is 31.5. The lowest BCUT2D eigenvalue weighted by molar-refractivity contribution is -0.430. The molecule has 0 rings (SSSR count). The molecule has 0 radical (unpaired) electrons. The van der Waals surface area contributed by atoms with E-state index in [0.717, 1.165) is 0 Å². The van der Waals surface area contributed by atoms with E-state index in [4.69, 9.17) is 10.2 Å². The number of carboxylic acids is 2. The van der Waals surface area contributed by atoms with Gasteiger partial charge in [-0.3, -0.25) is 19.7 Å². The van der Waals surface area contributed by atoms with Crippen LogP contribution in [0.15, 0.2) is 11.8 Å². The van der Waals surface area contributed by atoms with Gasteiger partial charge in [0.05, 0.1) is 16.8 Å². The highest BCUT2D eigenvalue weighted by molar-refractivity contribution is 5.74. The lowest BCUT2D eigenvalue weighted by Gasteiger charge is -2.21. The van der Waals surface area contributed by atoms with Gasteiger partial charge in [-0.2, -0.15) is 0 Å². The van der Waals surface area contributed by atoms with Crippen molar-refractivity contribution in [2.24, 2.45) is 5.41 Å². The quantitative estimate of drug-likeness (QED) is 0.507. The van der Waals surface area contributed by atoms with Gasteiger partial charge in [0, 0.05) is 6.42 Å². The number of hydrogen-bond donors (Lipinski definition) is 2. The van der Waals surface area contributed by atoms with Gasteiger partial charge in [0.15, 0.2) is 0 Å². The van der Waals surface area contributed by atoms with Crippen molar-refractivity contribution in [3.63, 3.8) is 0 Å². The second-order valence-electron chi connectivity index (χ2n) is 4.28. The van der Waals surface area contributed by atoms with E-state index < -0.39 is 22.3 Å². The van der Waals surface area contributed by atoms with E-state index in [0.29, 0.717) is 0 Å². The second-order valence-corrected chi connectivity index (χ2v) is 4.28. The van der Waals surface area contributed by atoms with Crippen LogP contribution in [0.2, 0.25) is 0 Å². The van der Waals surface area contributed by atoms with Crippen LogP contribution in [0.4, 0.5) is 0 Å². The number of nitro groups is 1. The monoisotopic (exact) mass is 259 g/mol. The zero-order valence-corrected chi connectivity index (χ0v) is 10.4. The molecule has 0 aliphatic carbocycles. The minimum absolute atomic E-state index is 0.0189. The third kappa shape index (κ3) is 4.94. The van der Waals surface area contributed by atoms with Crippen molar-refractivity contribution in [1.82, 2.24) is 0 Å². The Morgan fingerprint density at radius 2 is 1.94 bits per heavy atom. The fraction of sp³-hybridized carbons (Fsp3) is 0.636. The molecule has 0 aromatic heterocycles. The Morgan fingerprint density at radius 3 is 2.28 bits per heavy atom. The number of nitrogens with zero attached hydrogens (tertiary/aromatic N) is 1. The highest BCUT2D eigenvalue weighted by Crippen LogP contribution is 2.30. The Balaban J connectivity index is 4.87. The Bertz CT molecular complexity index is 376. The Kier molecular flexibility index (Phi) is 6.01. The lowest BCUT2D eigenvalue weighted by atomic mass is 9.82. The number of hydrogen-bond acceptors (Lipinski definition) is 4. The van der Waals surface area contributed by atoms with E-state index in [-0.39, 0.29) is 31.4 Å². The second kappa shape index (κ2) is 6.73. The summed E-state index contributed by atoms with van der Waals surface area (Å²) in [6.07, 6.45) is 1.03. The van der Waals surface area contributed by atoms with Gasteiger partial charge in [-0.15, -0.1) is 0 Å². The van der Waals surface area contributed by atoms with Gasteiger partial charge in [-0.05, 0) is 25.8 Å². The molecule has 18 heavy (non-hydrogen) atoms. The average molecular weight is 259 g/mol.